The second kappa shape index (κ2) is 3.45. The lowest BCUT2D eigenvalue weighted by atomic mass is 10.2. The third kappa shape index (κ3) is 1.29. The van der Waals surface area contributed by atoms with E-state index in [1.807, 2.05) is 30.3 Å². The zero-order valence-electron chi connectivity index (χ0n) is 8.86. The molecule has 0 saturated heterocycles. The van der Waals surface area contributed by atoms with Gasteiger partial charge in [-0.05, 0) is 24.3 Å². The van der Waals surface area contributed by atoms with Crippen molar-refractivity contribution >= 4 is 10.9 Å². The Morgan fingerprint density at radius 3 is 2.88 bits per heavy atom. The number of ether oxygens (including phenoxy) is 1. The molecule has 3 heteroatoms. The summed E-state index contributed by atoms with van der Waals surface area (Å²) in [7, 11) is 1.67. The zero-order valence-corrected chi connectivity index (χ0v) is 8.86. The van der Waals surface area contributed by atoms with E-state index in [9.17, 15) is 0 Å². The number of para-hydroxylation sites is 1. The average molecular weight is 213 g/mol. The highest BCUT2D eigenvalue weighted by Crippen LogP contribution is 2.29. The van der Waals surface area contributed by atoms with Crippen LogP contribution in [0.15, 0.2) is 47.1 Å². The molecule has 2 aromatic heterocycles. The predicted octanol–water partition coefficient (Wildman–Crippen LogP) is 3.44. The van der Waals surface area contributed by atoms with Crippen LogP contribution in [0.4, 0.5) is 0 Å². The van der Waals surface area contributed by atoms with Crippen molar-refractivity contribution < 1.29 is 9.15 Å². The van der Waals surface area contributed by atoms with Crippen LogP contribution in [0.3, 0.4) is 0 Å². The third-order valence-corrected chi connectivity index (χ3v) is 2.62. The Hall–Kier alpha value is -2.16. The van der Waals surface area contributed by atoms with Gasteiger partial charge in [-0.1, -0.05) is 12.1 Å². The number of methoxy groups -OCH3 is 1. The molecule has 2 heterocycles. The van der Waals surface area contributed by atoms with Crippen LogP contribution >= 0.6 is 0 Å². The van der Waals surface area contributed by atoms with E-state index in [-0.39, 0.29) is 0 Å². The molecule has 0 aliphatic carbocycles. The van der Waals surface area contributed by atoms with Gasteiger partial charge in [0.2, 0.25) is 0 Å². The fourth-order valence-electron chi connectivity index (χ4n) is 1.86. The molecule has 0 spiro atoms. The maximum Gasteiger partial charge on any atom is 0.150 e. The number of hydrogen-bond donors (Lipinski definition) is 1. The molecule has 0 fully saturated rings. The molecule has 0 atom stereocenters. The predicted molar refractivity (Wildman–Crippen MR) is 62.6 cm³/mol. The Bertz CT molecular complexity index is 608. The molecule has 1 N–H and O–H groups in total. The minimum absolute atomic E-state index is 0.832. The number of benzene rings is 1. The molecule has 0 unspecified atom stereocenters. The van der Waals surface area contributed by atoms with E-state index in [1.54, 1.807) is 13.4 Å². The van der Waals surface area contributed by atoms with Gasteiger partial charge >= 0.3 is 0 Å². The van der Waals surface area contributed by atoms with Crippen LogP contribution in [0, 0.1) is 0 Å². The van der Waals surface area contributed by atoms with Crippen LogP contribution in [0.2, 0.25) is 0 Å². The van der Waals surface area contributed by atoms with Gasteiger partial charge in [-0.15, -0.1) is 0 Å². The molecule has 1 aromatic carbocycles. The number of rotatable bonds is 2. The summed E-state index contributed by atoms with van der Waals surface area (Å²) in [5, 5.41) is 1.12. The van der Waals surface area contributed by atoms with E-state index in [0.717, 1.165) is 28.1 Å². The van der Waals surface area contributed by atoms with E-state index in [0.29, 0.717) is 0 Å². The molecule has 3 nitrogen and oxygen atoms in total. The van der Waals surface area contributed by atoms with Crippen molar-refractivity contribution in [3.05, 3.63) is 42.7 Å². The summed E-state index contributed by atoms with van der Waals surface area (Å²) >= 11 is 0. The van der Waals surface area contributed by atoms with Crippen molar-refractivity contribution in [2.75, 3.05) is 7.11 Å². The molecular formula is C13H11NO2. The molecule has 80 valence electrons. The average Bonchev–Trinajstić information content (AvgIpc) is 2.96. The Kier molecular flexibility index (Phi) is 1.96. The quantitative estimate of drug-likeness (QED) is 0.708. The minimum Gasteiger partial charge on any atom is -0.495 e. The summed E-state index contributed by atoms with van der Waals surface area (Å²) in [4.78, 5) is 3.30. The van der Waals surface area contributed by atoms with Crippen molar-refractivity contribution in [2.24, 2.45) is 0 Å². The fourth-order valence-corrected chi connectivity index (χ4v) is 1.86. The molecular weight excluding hydrogens is 202 g/mol. The Balaban J connectivity index is 2.23. The van der Waals surface area contributed by atoms with Gasteiger partial charge in [0.15, 0.2) is 0 Å². The number of furan rings is 1. The number of nitrogens with one attached hydrogen (secondary N) is 1. The second-order valence-corrected chi connectivity index (χ2v) is 3.58. The van der Waals surface area contributed by atoms with Crippen LogP contribution in [-0.4, -0.2) is 12.1 Å². The molecule has 0 saturated carbocycles. The summed E-state index contributed by atoms with van der Waals surface area (Å²) in [6, 6.07) is 11.8. The summed E-state index contributed by atoms with van der Waals surface area (Å²) in [6.45, 7) is 0. The Morgan fingerprint density at radius 1 is 1.19 bits per heavy atom. The second-order valence-electron chi connectivity index (χ2n) is 3.58. The van der Waals surface area contributed by atoms with Gasteiger partial charge in [0.1, 0.15) is 11.5 Å². The molecule has 16 heavy (non-hydrogen) atoms. The van der Waals surface area contributed by atoms with Gasteiger partial charge in [-0.25, -0.2) is 0 Å². The molecule has 0 aliphatic rings. The maximum atomic E-state index is 5.35. The van der Waals surface area contributed by atoms with Gasteiger partial charge in [-0.2, -0.15) is 0 Å². The van der Waals surface area contributed by atoms with Crippen LogP contribution in [0.25, 0.3) is 22.4 Å². The number of aromatic nitrogens is 1. The number of aromatic amines is 1. The monoisotopic (exact) mass is 213 g/mol. The lowest BCUT2D eigenvalue weighted by molar-refractivity contribution is 0.419. The smallest absolute Gasteiger partial charge is 0.150 e. The van der Waals surface area contributed by atoms with Crippen molar-refractivity contribution in [1.82, 2.24) is 4.98 Å². The van der Waals surface area contributed by atoms with Crippen LogP contribution in [0.1, 0.15) is 0 Å². The Morgan fingerprint density at radius 2 is 2.12 bits per heavy atom. The number of H-pyrrole nitrogens is 1. The number of fused-ring (bicyclic) bond motifs is 1. The fraction of sp³-hybridized carbons (Fsp3) is 0.0769. The summed E-state index contributed by atoms with van der Waals surface area (Å²) < 4.78 is 10.6. The van der Waals surface area contributed by atoms with Crippen molar-refractivity contribution in [3.63, 3.8) is 0 Å². The lowest BCUT2D eigenvalue weighted by Crippen LogP contribution is -1.83. The van der Waals surface area contributed by atoms with Crippen LogP contribution < -0.4 is 4.74 Å². The molecule has 3 aromatic rings. The minimum atomic E-state index is 0.832. The van der Waals surface area contributed by atoms with E-state index in [1.165, 1.54) is 0 Å². The van der Waals surface area contributed by atoms with E-state index in [4.69, 9.17) is 9.15 Å². The van der Waals surface area contributed by atoms with Gasteiger partial charge in [0.05, 0.1) is 24.6 Å². The van der Waals surface area contributed by atoms with Gasteiger partial charge in [0.25, 0.3) is 0 Å². The van der Waals surface area contributed by atoms with Gasteiger partial charge in [0, 0.05) is 5.39 Å². The Labute approximate surface area is 92.7 Å². The summed E-state index contributed by atoms with van der Waals surface area (Å²) in [6.07, 6.45) is 1.66. The summed E-state index contributed by atoms with van der Waals surface area (Å²) in [5.41, 5.74) is 1.96. The van der Waals surface area contributed by atoms with E-state index >= 15 is 0 Å². The third-order valence-electron chi connectivity index (χ3n) is 2.62. The maximum absolute atomic E-state index is 5.35. The van der Waals surface area contributed by atoms with Gasteiger partial charge in [-0.3, -0.25) is 0 Å². The van der Waals surface area contributed by atoms with Crippen molar-refractivity contribution in [3.8, 4) is 17.2 Å². The topological polar surface area (TPSA) is 38.2 Å². The normalized spacial score (nSPS) is 10.8. The van der Waals surface area contributed by atoms with E-state index in [2.05, 4.69) is 11.1 Å². The van der Waals surface area contributed by atoms with Crippen molar-refractivity contribution in [1.29, 1.82) is 0 Å². The van der Waals surface area contributed by atoms with E-state index < -0.39 is 0 Å². The lowest BCUT2D eigenvalue weighted by Gasteiger charge is -1.99. The first-order valence-corrected chi connectivity index (χ1v) is 5.08. The molecule has 0 amide bonds. The highest BCUT2D eigenvalue weighted by molar-refractivity contribution is 5.89. The zero-order chi connectivity index (χ0) is 11.0. The SMILES string of the molecule is COc1cccc2cc(-c3ccco3)[nH]c12. The molecule has 3 rings (SSSR count). The van der Waals surface area contributed by atoms with Crippen molar-refractivity contribution in [2.45, 2.75) is 0 Å². The first kappa shape index (κ1) is 9.09. The molecule has 0 radical (unpaired) electrons. The molecule has 0 aliphatic heterocycles. The molecule has 0 bridgehead atoms. The summed E-state index contributed by atoms with van der Waals surface area (Å²) in [5.74, 6) is 1.67. The van der Waals surface area contributed by atoms with Crippen LogP contribution in [-0.2, 0) is 0 Å². The standard InChI is InChI=1S/C13H11NO2/c1-15-12-5-2-4-9-8-10(14-13(9)12)11-6-3-7-16-11/h2-8,14H,1H3. The highest BCUT2D eigenvalue weighted by atomic mass is 16.5. The van der Waals surface area contributed by atoms with Gasteiger partial charge < -0.3 is 14.1 Å². The first-order chi connectivity index (χ1) is 7.88. The largest absolute Gasteiger partial charge is 0.495 e. The number of hydrogen-bond acceptors (Lipinski definition) is 2. The highest BCUT2D eigenvalue weighted by Gasteiger charge is 2.08. The van der Waals surface area contributed by atoms with Crippen LogP contribution in [0.5, 0.6) is 5.75 Å². The first-order valence-electron chi connectivity index (χ1n) is 5.08.